The SMILES string of the molecule is CCOC(=O)c1cnc(-n2cc(C)cn2)nc1N1C(=O)c2ccccc2C1=O. The van der Waals surface area contributed by atoms with Crippen LogP contribution in [0.1, 0.15) is 43.6 Å². The fourth-order valence-electron chi connectivity index (χ4n) is 2.90. The zero-order valence-electron chi connectivity index (χ0n) is 15.1. The van der Waals surface area contributed by atoms with E-state index < -0.39 is 17.8 Å². The van der Waals surface area contributed by atoms with Crippen LogP contribution in [0.4, 0.5) is 5.82 Å². The molecule has 28 heavy (non-hydrogen) atoms. The quantitative estimate of drug-likeness (QED) is 0.505. The third-order valence-electron chi connectivity index (χ3n) is 4.17. The molecule has 3 heterocycles. The van der Waals surface area contributed by atoms with E-state index in [2.05, 4.69) is 15.1 Å². The summed E-state index contributed by atoms with van der Waals surface area (Å²) in [5.41, 5.74) is 1.29. The molecule has 9 heteroatoms. The van der Waals surface area contributed by atoms with Crippen molar-refractivity contribution in [3.63, 3.8) is 0 Å². The van der Waals surface area contributed by atoms with Crippen LogP contribution in [0.15, 0.2) is 42.9 Å². The van der Waals surface area contributed by atoms with Gasteiger partial charge in [0.25, 0.3) is 17.8 Å². The van der Waals surface area contributed by atoms with E-state index in [1.807, 2.05) is 6.92 Å². The van der Waals surface area contributed by atoms with Gasteiger partial charge in [-0.1, -0.05) is 12.1 Å². The van der Waals surface area contributed by atoms with Crippen LogP contribution in [0, 0.1) is 6.92 Å². The molecule has 2 aromatic heterocycles. The van der Waals surface area contributed by atoms with E-state index in [-0.39, 0.29) is 35.1 Å². The molecule has 0 saturated carbocycles. The van der Waals surface area contributed by atoms with Crippen LogP contribution >= 0.6 is 0 Å². The maximum Gasteiger partial charge on any atom is 0.343 e. The standard InChI is InChI=1S/C19H15N5O4/c1-3-28-18(27)14-9-20-19(23-10-11(2)8-21-23)22-15(14)24-16(25)12-6-4-5-7-13(12)17(24)26/h4-10H,3H2,1-2H3. The minimum atomic E-state index is -0.725. The first-order valence-electron chi connectivity index (χ1n) is 8.55. The maximum absolute atomic E-state index is 12.9. The van der Waals surface area contributed by atoms with Gasteiger partial charge in [0, 0.05) is 12.4 Å². The first-order chi connectivity index (χ1) is 13.5. The van der Waals surface area contributed by atoms with E-state index in [4.69, 9.17) is 4.74 Å². The van der Waals surface area contributed by atoms with E-state index in [0.29, 0.717) is 0 Å². The van der Waals surface area contributed by atoms with Crippen LogP contribution in [0.25, 0.3) is 5.95 Å². The van der Waals surface area contributed by atoms with Gasteiger partial charge >= 0.3 is 5.97 Å². The average molecular weight is 377 g/mol. The monoisotopic (exact) mass is 377 g/mol. The number of carbonyl (C=O) groups is 3. The van der Waals surface area contributed by atoms with Gasteiger partial charge < -0.3 is 4.74 Å². The number of aryl methyl sites for hydroxylation is 1. The molecule has 0 unspecified atom stereocenters. The van der Waals surface area contributed by atoms with Crippen LogP contribution in [-0.4, -0.2) is 44.1 Å². The van der Waals surface area contributed by atoms with Gasteiger partial charge in [0.1, 0.15) is 5.56 Å². The largest absolute Gasteiger partial charge is 0.462 e. The summed E-state index contributed by atoms with van der Waals surface area (Å²) in [4.78, 5) is 47.4. The molecule has 0 saturated heterocycles. The number of benzene rings is 1. The molecular formula is C19H15N5O4. The third-order valence-corrected chi connectivity index (χ3v) is 4.17. The predicted molar refractivity (Wildman–Crippen MR) is 97.4 cm³/mol. The van der Waals surface area contributed by atoms with Crippen molar-refractivity contribution in [2.75, 3.05) is 11.5 Å². The van der Waals surface area contributed by atoms with Crippen molar-refractivity contribution in [3.05, 3.63) is 65.1 Å². The number of hydrogen-bond acceptors (Lipinski definition) is 7. The van der Waals surface area contributed by atoms with Gasteiger partial charge in [0.15, 0.2) is 5.82 Å². The molecular weight excluding hydrogens is 362 g/mol. The predicted octanol–water partition coefficient (Wildman–Crippen LogP) is 1.95. The Labute approximate surface area is 159 Å². The molecule has 0 spiro atoms. The molecule has 0 aliphatic carbocycles. The molecule has 140 valence electrons. The van der Waals surface area contributed by atoms with Crippen LogP contribution in [-0.2, 0) is 4.74 Å². The van der Waals surface area contributed by atoms with Gasteiger partial charge in [0.05, 0.1) is 23.9 Å². The smallest absolute Gasteiger partial charge is 0.343 e. The summed E-state index contributed by atoms with van der Waals surface area (Å²) >= 11 is 0. The van der Waals surface area contributed by atoms with Crippen LogP contribution < -0.4 is 4.90 Å². The lowest BCUT2D eigenvalue weighted by atomic mass is 10.1. The van der Waals surface area contributed by atoms with Crippen molar-refractivity contribution in [3.8, 4) is 5.95 Å². The van der Waals surface area contributed by atoms with E-state index in [1.165, 1.54) is 10.9 Å². The fraction of sp³-hybridized carbons (Fsp3) is 0.158. The average Bonchev–Trinajstić information content (AvgIpc) is 3.24. The highest BCUT2D eigenvalue weighted by molar-refractivity contribution is 6.34. The number of carbonyl (C=O) groups excluding carboxylic acids is 3. The van der Waals surface area contributed by atoms with Crippen LogP contribution in [0.3, 0.4) is 0 Å². The molecule has 1 aliphatic heterocycles. The molecule has 1 aromatic carbocycles. The number of aromatic nitrogens is 4. The summed E-state index contributed by atoms with van der Waals surface area (Å²) in [6.07, 6.45) is 4.53. The Kier molecular flexibility index (Phi) is 4.19. The zero-order valence-corrected chi connectivity index (χ0v) is 15.1. The number of rotatable bonds is 4. The molecule has 2 amide bonds. The molecule has 0 radical (unpaired) electrons. The molecule has 4 rings (SSSR count). The summed E-state index contributed by atoms with van der Waals surface area (Å²) in [5.74, 6) is -1.87. The number of imide groups is 1. The second-order valence-electron chi connectivity index (χ2n) is 6.08. The van der Waals surface area contributed by atoms with Crippen molar-refractivity contribution in [2.24, 2.45) is 0 Å². The second-order valence-corrected chi connectivity index (χ2v) is 6.08. The van der Waals surface area contributed by atoms with E-state index in [0.717, 1.165) is 10.5 Å². The van der Waals surface area contributed by atoms with Crippen molar-refractivity contribution < 1.29 is 19.1 Å². The van der Waals surface area contributed by atoms with Crippen molar-refractivity contribution in [1.82, 2.24) is 19.7 Å². The summed E-state index contributed by atoms with van der Waals surface area (Å²) in [6.45, 7) is 3.63. The number of anilines is 1. The molecule has 9 nitrogen and oxygen atoms in total. The topological polar surface area (TPSA) is 107 Å². The lowest BCUT2D eigenvalue weighted by Crippen LogP contribution is -2.32. The van der Waals surface area contributed by atoms with E-state index >= 15 is 0 Å². The van der Waals surface area contributed by atoms with Gasteiger partial charge in [-0.05, 0) is 31.5 Å². The van der Waals surface area contributed by atoms with Crippen LogP contribution in [0.2, 0.25) is 0 Å². The molecule has 0 atom stereocenters. The van der Waals surface area contributed by atoms with Crippen molar-refractivity contribution >= 4 is 23.6 Å². The fourth-order valence-corrected chi connectivity index (χ4v) is 2.90. The Morgan fingerprint density at radius 1 is 1.11 bits per heavy atom. The first-order valence-corrected chi connectivity index (χ1v) is 8.55. The number of hydrogen-bond donors (Lipinski definition) is 0. The van der Waals surface area contributed by atoms with Gasteiger partial charge in [-0.3, -0.25) is 9.59 Å². The lowest BCUT2D eigenvalue weighted by Gasteiger charge is -2.16. The number of ether oxygens (including phenoxy) is 1. The second kappa shape index (κ2) is 6.69. The highest BCUT2D eigenvalue weighted by Gasteiger charge is 2.39. The van der Waals surface area contributed by atoms with Gasteiger partial charge in [-0.25, -0.2) is 19.4 Å². The molecule has 3 aromatic rings. The van der Waals surface area contributed by atoms with Crippen molar-refractivity contribution in [1.29, 1.82) is 0 Å². The first kappa shape index (κ1) is 17.5. The summed E-state index contributed by atoms with van der Waals surface area (Å²) in [7, 11) is 0. The molecule has 0 N–H and O–H groups in total. The van der Waals surface area contributed by atoms with Crippen LogP contribution in [0.5, 0.6) is 0 Å². The molecule has 0 bridgehead atoms. The Morgan fingerprint density at radius 2 is 1.79 bits per heavy atom. The number of nitrogens with zero attached hydrogens (tertiary/aromatic N) is 5. The number of fused-ring (bicyclic) bond motifs is 1. The Bertz CT molecular complexity index is 1090. The Balaban J connectivity index is 1.87. The van der Waals surface area contributed by atoms with E-state index in [1.54, 1.807) is 43.6 Å². The minimum absolute atomic E-state index is 0.0796. The maximum atomic E-state index is 12.9. The summed E-state index contributed by atoms with van der Waals surface area (Å²) in [6, 6.07) is 6.44. The van der Waals surface area contributed by atoms with Gasteiger partial charge in [-0.15, -0.1) is 0 Å². The highest BCUT2D eigenvalue weighted by Crippen LogP contribution is 2.30. The Hall–Kier alpha value is -3.88. The molecule has 1 aliphatic rings. The zero-order chi connectivity index (χ0) is 19.8. The highest BCUT2D eigenvalue weighted by atomic mass is 16.5. The van der Waals surface area contributed by atoms with Gasteiger partial charge in [0.2, 0.25) is 0 Å². The summed E-state index contributed by atoms with van der Waals surface area (Å²) < 4.78 is 6.43. The number of esters is 1. The molecule has 0 fully saturated rings. The third kappa shape index (κ3) is 2.73. The van der Waals surface area contributed by atoms with E-state index in [9.17, 15) is 14.4 Å². The van der Waals surface area contributed by atoms with Crippen molar-refractivity contribution in [2.45, 2.75) is 13.8 Å². The summed E-state index contributed by atoms with van der Waals surface area (Å²) in [5, 5.41) is 4.13. The lowest BCUT2D eigenvalue weighted by molar-refractivity contribution is 0.0526. The number of amides is 2. The minimum Gasteiger partial charge on any atom is -0.462 e. The Morgan fingerprint density at radius 3 is 2.36 bits per heavy atom. The van der Waals surface area contributed by atoms with Gasteiger partial charge in [-0.2, -0.15) is 10.1 Å². The normalized spacial score (nSPS) is 13.0.